The maximum absolute atomic E-state index is 12.5. The smallest absolute Gasteiger partial charge is 0.319 e. The second kappa shape index (κ2) is 8.02. The number of hydrogen-bond donors (Lipinski definition) is 1. The van der Waals surface area contributed by atoms with Gasteiger partial charge in [-0.2, -0.15) is 5.10 Å². The zero-order valence-electron chi connectivity index (χ0n) is 16.0. The minimum atomic E-state index is -0.979. The highest BCUT2D eigenvalue weighted by molar-refractivity contribution is 6.30. The van der Waals surface area contributed by atoms with E-state index >= 15 is 0 Å². The van der Waals surface area contributed by atoms with Crippen LogP contribution in [-0.4, -0.2) is 42.8 Å². The Kier molecular flexibility index (Phi) is 5.70. The largest absolute Gasteiger partial charge is 0.468 e. The quantitative estimate of drug-likeness (QED) is 0.781. The number of carbonyl (C=O) groups is 2. The molecule has 6 nitrogen and oxygen atoms in total. The van der Waals surface area contributed by atoms with Crippen molar-refractivity contribution < 1.29 is 14.3 Å². The highest BCUT2D eigenvalue weighted by atomic mass is 35.5. The number of benzene rings is 2. The number of anilines is 1. The van der Waals surface area contributed by atoms with E-state index in [1.54, 1.807) is 36.2 Å². The first-order valence-electron chi connectivity index (χ1n) is 8.87. The van der Waals surface area contributed by atoms with Crippen molar-refractivity contribution in [3.05, 3.63) is 64.7 Å². The van der Waals surface area contributed by atoms with Gasteiger partial charge in [0.25, 0.3) is 0 Å². The summed E-state index contributed by atoms with van der Waals surface area (Å²) < 4.78 is 5.00. The van der Waals surface area contributed by atoms with Crippen LogP contribution in [0.5, 0.6) is 0 Å². The lowest BCUT2D eigenvalue weighted by atomic mass is 9.82. The van der Waals surface area contributed by atoms with Crippen LogP contribution in [0.25, 0.3) is 0 Å². The predicted molar refractivity (Wildman–Crippen MR) is 109 cm³/mol. The summed E-state index contributed by atoms with van der Waals surface area (Å²) in [4.78, 5) is 24.9. The van der Waals surface area contributed by atoms with Crippen molar-refractivity contribution in [2.45, 2.75) is 13.8 Å². The number of carbonyl (C=O) groups excluding carboxylic acids is 2. The fourth-order valence-electron chi connectivity index (χ4n) is 3.19. The molecule has 1 atom stereocenters. The molecule has 28 heavy (non-hydrogen) atoms. The van der Waals surface area contributed by atoms with Gasteiger partial charge in [-0.1, -0.05) is 41.4 Å². The Morgan fingerprint density at radius 1 is 1.18 bits per heavy atom. The Bertz CT molecular complexity index is 909. The molecular formula is C21H22ClN3O3. The highest BCUT2D eigenvalue weighted by Crippen LogP contribution is 2.32. The van der Waals surface area contributed by atoms with Crippen LogP contribution in [0.2, 0.25) is 5.02 Å². The van der Waals surface area contributed by atoms with Gasteiger partial charge in [0, 0.05) is 10.7 Å². The van der Waals surface area contributed by atoms with Gasteiger partial charge < -0.3 is 10.1 Å². The zero-order chi connectivity index (χ0) is 20.3. The van der Waals surface area contributed by atoms with Crippen molar-refractivity contribution in [1.29, 1.82) is 0 Å². The molecule has 0 bridgehead atoms. The van der Waals surface area contributed by atoms with Gasteiger partial charge in [-0.05, 0) is 43.7 Å². The van der Waals surface area contributed by atoms with Gasteiger partial charge in [0.15, 0.2) is 0 Å². The van der Waals surface area contributed by atoms with E-state index in [1.807, 2.05) is 31.2 Å². The molecule has 0 spiro atoms. The van der Waals surface area contributed by atoms with E-state index in [0.717, 1.165) is 11.1 Å². The number of esters is 1. The van der Waals surface area contributed by atoms with E-state index in [1.165, 1.54) is 7.11 Å². The average Bonchev–Trinajstić information content (AvgIpc) is 3.00. The molecule has 2 aromatic carbocycles. The van der Waals surface area contributed by atoms with Crippen molar-refractivity contribution in [3.63, 3.8) is 0 Å². The standard InChI is InChI=1S/C21H22ClN3O3/c1-14-4-10-17(11-5-14)23-18(26)12-25-13-21(2,20(27)28-3)19(24-25)15-6-8-16(22)9-7-15/h4-11H,12-13H2,1-3H3,(H,23,26). The minimum Gasteiger partial charge on any atom is -0.468 e. The van der Waals surface area contributed by atoms with Crippen LogP contribution >= 0.6 is 11.6 Å². The number of halogens is 1. The summed E-state index contributed by atoms with van der Waals surface area (Å²) in [6.07, 6.45) is 0. The van der Waals surface area contributed by atoms with E-state index < -0.39 is 11.4 Å². The van der Waals surface area contributed by atoms with Crippen LogP contribution in [0.3, 0.4) is 0 Å². The first-order valence-corrected chi connectivity index (χ1v) is 9.24. The number of hydrogen-bond acceptors (Lipinski definition) is 5. The van der Waals surface area contributed by atoms with Crippen LogP contribution in [0.4, 0.5) is 5.69 Å². The summed E-state index contributed by atoms with van der Waals surface area (Å²) >= 11 is 5.97. The van der Waals surface area contributed by atoms with E-state index in [0.29, 0.717) is 16.4 Å². The summed E-state index contributed by atoms with van der Waals surface area (Å²) in [5.74, 6) is -0.611. The van der Waals surface area contributed by atoms with Crippen LogP contribution < -0.4 is 5.32 Å². The van der Waals surface area contributed by atoms with Gasteiger partial charge in [0.2, 0.25) is 5.91 Å². The minimum absolute atomic E-state index is 0.0253. The van der Waals surface area contributed by atoms with Crippen molar-refractivity contribution in [2.24, 2.45) is 10.5 Å². The summed E-state index contributed by atoms with van der Waals surface area (Å²) in [7, 11) is 1.35. The molecule has 0 aromatic heterocycles. The van der Waals surface area contributed by atoms with Crippen LogP contribution in [-0.2, 0) is 14.3 Å². The second-order valence-corrected chi connectivity index (χ2v) is 7.45. The molecule has 1 aliphatic heterocycles. The molecule has 1 aliphatic rings. The molecule has 7 heteroatoms. The summed E-state index contributed by atoms with van der Waals surface area (Å²) in [5.41, 5.74) is 2.17. The Hall–Kier alpha value is -2.86. The number of hydrazone groups is 1. The van der Waals surface area contributed by atoms with Gasteiger partial charge in [-0.15, -0.1) is 0 Å². The second-order valence-electron chi connectivity index (χ2n) is 7.02. The van der Waals surface area contributed by atoms with Crippen LogP contribution in [0.15, 0.2) is 53.6 Å². The lowest BCUT2D eigenvalue weighted by molar-refractivity contribution is -0.148. The molecule has 0 saturated heterocycles. The SMILES string of the molecule is COC(=O)C1(C)CN(CC(=O)Nc2ccc(C)cc2)N=C1c1ccc(Cl)cc1. The van der Waals surface area contributed by atoms with E-state index in [2.05, 4.69) is 10.4 Å². The zero-order valence-corrected chi connectivity index (χ0v) is 16.8. The number of nitrogens with one attached hydrogen (secondary N) is 1. The van der Waals surface area contributed by atoms with E-state index in [9.17, 15) is 9.59 Å². The third kappa shape index (κ3) is 4.17. The van der Waals surface area contributed by atoms with Crippen molar-refractivity contribution in [3.8, 4) is 0 Å². The lowest BCUT2D eigenvalue weighted by Gasteiger charge is -2.23. The fourth-order valence-corrected chi connectivity index (χ4v) is 3.32. The van der Waals surface area contributed by atoms with Crippen molar-refractivity contribution in [2.75, 3.05) is 25.5 Å². The normalized spacial score (nSPS) is 18.6. The third-order valence-electron chi connectivity index (χ3n) is 4.68. The molecule has 1 heterocycles. The topological polar surface area (TPSA) is 71.0 Å². The van der Waals surface area contributed by atoms with Crippen LogP contribution in [0, 0.1) is 12.3 Å². The maximum Gasteiger partial charge on any atom is 0.319 e. The molecule has 1 amide bonds. The molecule has 1 N–H and O–H groups in total. The molecule has 1 unspecified atom stereocenters. The Labute approximate surface area is 169 Å². The first-order chi connectivity index (χ1) is 13.3. The van der Waals surface area contributed by atoms with E-state index in [4.69, 9.17) is 16.3 Å². The Morgan fingerprint density at radius 2 is 1.82 bits per heavy atom. The van der Waals surface area contributed by atoms with Gasteiger partial charge >= 0.3 is 5.97 Å². The predicted octanol–water partition coefficient (Wildman–Crippen LogP) is 3.49. The molecule has 0 saturated carbocycles. The number of ether oxygens (including phenoxy) is 1. The molecule has 3 rings (SSSR count). The molecular weight excluding hydrogens is 378 g/mol. The fraction of sp³-hybridized carbons (Fsp3) is 0.286. The maximum atomic E-state index is 12.5. The molecule has 0 aliphatic carbocycles. The van der Waals surface area contributed by atoms with Gasteiger partial charge in [0.05, 0.1) is 19.4 Å². The van der Waals surface area contributed by atoms with E-state index in [-0.39, 0.29) is 19.0 Å². The molecule has 2 aromatic rings. The van der Waals surface area contributed by atoms with Crippen LogP contribution in [0.1, 0.15) is 18.1 Å². The first kappa shape index (κ1) is 19.9. The number of rotatable bonds is 5. The number of methoxy groups -OCH3 is 1. The molecule has 0 radical (unpaired) electrons. The number of amides is 1. The average molecular weight is 400 g/mol. The van der Waals surface area contributed by atoms with Gasteiger partial charge in [0.1, 0.15) is 12.0 Å². The summed E-state index contributed by atoms with van der Waals surface area (Å²) in [5, 5.41) is 9.58. The molecule has 146 valence electrons. The Morgan fingerprint density at radius 3 is 2.43 bits per heavy atom. The summed E-state index contributed by atoms with van der Waals surface area (Å²) in [6, 6.07) is 14.6. The van der Waals surface area contributed by atoms with Gasteiger partial charge in [-0.3, -0.25) is 14.6 Å². The molecule has 0 fully saturated rings. The van der Waals surface area contributed by atoms with Crippen molar-refractivity contribution in [1.82, 2.24) is 5.01 Å². The number of nitrogens with zero attached hydrogens (tertiary/aromatic N) is 2. The Balaban J connectivity index is 1.79. The number of aryl methyl sites for hydroxylation is 1. The lowest BCUT2D eigenvalue weighted by Crippen LogP contribution is -2.41. The third-order valence-corrected chi connectivity index (χ3v) is 4.93. The van der Waals surface area contributed by atoms with Crippen molar-refractivity contribution >= 4 is 34.9 Å². The summed E-state index contributed by atoms with van der Waals surface area (Å²) in [6.45, 7) is 4.02. The van der Waals surface area contributed by atoms with Gasteiger partial charge in [-0.25, -0.2) is 0 Å². The highest BCUT2D eigenvalue weighted by Gasteiger charge is 2.47. The monoisotopic (exact) mass is 399 g/mol.